The van der Waals surface area contributed by atoms with Crippen LogP contribution in [0.1, 0.15) is 25.0 Å². The zero-order valence-corrected chi connectivity index (χ0v) is 22.2. The Morgan fingerprint density at radius 1 is 1.05 bits per heavy atom. The number of hydrazone groups is 1. The molecule has 2 aliphatic rings. The molecule has 2 aliphatic heterocycles. The molecule has 0 aromatic heterocycles. The zero-order valence-electron chi connectivity index (χ0n) is 20.6. The fraction of sp³-hybridized carbons (Fsp3) is 0.280. The molecule has 0 atom stereocenters. The smallest absolute Gasteiger partial charge is 0.283 e. The van der Waals surface area contributed by atoms with Gasteiger partial charge in [-0.25, -0.2) is 8.42 Å². The number of thioether (sulfide) groups is 1. The number of sulfone groups is 1. The molecule has 2 aromatic carbocycles. The second kappa shape index (κ2) is 11.2. The molecule has 10 nitrogen and oxygen atoms in total. The van der Waals surface area contributed by atoms with Crippen LogP contribution in [-0.2, 0) is 14.6 Å². The average Bonchev–Trinajstić information content (AvgIpc) is 3.31. The minimum Gasteiger partial charge on any atom is -0.490 e. The van der Waals surface area contributed by atoms with E-state index in [4.69, 9.17) is 19.6 Å². The van der Waals surface area contributed by atoms with E-state index in [1.807, 2.05) is 38.1 Å². The van der Waals surface area contributed by atoms with E-state index in [0.29, 0.717) is 36.9 Å². The minimum absolute atomic E-state index is 0.0223. The Hall–Kier alpha value is -3.64. The SMILES string of the molecule is CCOc1cc(/C=C2/C(=N)N3N=C(S(=O)(=O)CC)SC3=NC2=O)ccc1OCCOc1cccc(C)c1. The van der Waals surface area contributed by atoms with Crippen LogP contribution in [0.3, 0.4) is 0 Å². The zero-order chi connectivity index (χ0) is 26.6. The number of benzene rings is 2. The number of fused-ring (bicyclic) bond motifs is 1. The molecule has 4 rings (SSSR count). The van der Waals surface area contributed by atoms with Gasteiger partial charge in [-0.1, -0.05) is 25.1 Å². The van der Waals surface area contributed by atoms with E-state index in [2.05, 4.69) is 10.1 Å². The summed E-state index contributed by atoms with van der Waals surface area (Å²) in [6.45, 7) is 6.37. The number of amides is 1. The quantitative estimate of drug-likeness (QED) is 0.373. The Bertz CT molecular complexity index is 1430. The lowest BCUT2D eigenvalue weighted by molar-refractivity contribution is -0.114. The number of ether oxygens (including phenoxy) is 3. The molecule has 0 spiro atoms. The topological polar surface area (TPSA) is 131 Å². The van der Waals surface area contributed by atoms with Crippen LogP contribution >= 0.6 is 11.8 Å². The van der Waals surface area contributed by atoms with E-state index in [0.717, 1.165) is 28.1 Å². The maximum absolute atomic E-state index is 12.7. The predicted molar refractivity (Wildman–Crippen MR) is 144 cm³/mol. The molecule has 1 amide bonds. The van der Waals surface area contributed by atoms with Gasteiger partial charge in [-0.2, -0.15) is 10.0 Å². The summed E-state index contributed by atoms with van der Waals surface area (Å²) in [6.07, 6.45) is 1.49. The van der Waals surface area contributed by atoms with E-state index in [-0.39, 0.29) is 26.7 Å². The second-order valence-corrected chi connectivity index (χ2v) is 11.3. The summed E-state index contributed by atoms with van der Waals surface area (Å²) in [7, 11) is -3.59. The standard InChI is InChI=1S/C25H26N4O6S2/c1-4-33-21-15-17(9-10-20(21)35-12-11-34-18-8-6-7-16(3)13-18)14-19-22(26)29-24(27-23(19)30)36-25(28-29)37(31,32)5-2/h6-10,13-15,26H,4-5,11-12H2,1-3H3/b19-14-,26-22?. The third-order valence-electron chi connectivity index (χ3n) is 5.26. The highest BCUT2D eigenvalue weighted by Crippen LogP contribution is 2.32. The maximum atomic E-state index is 12.7. The van der Waals surface area contributed by atoms with Gasteiger partial charge in [0.25, 0.3) is 5.91 Å². The summed E-state index contributed by atoms with van der Waals surface area (Å²) in [5.74, 6) is 0.697. The van der Waals surface area contributed by atoms with E-state index < -0.39 is 15.7 Å². The monoisotopic (exact) mass is 542 g/mol. The average molecular weight is 543 g/mol. The second-order valence-electron chi connectivity index (χ2n) is 7.94. The maximum Gasteiger partial charge on any atom is 0.283 e. The summed E-state index contributed by atoms with van der Waals surface area (Å²) in [5.41, 5.74) is 1.66. The van der Waals surface area contributed by atoms with Gasteiger partial charge in [-0.15, -0.1) is 5.10 Å². The van der Waals surface area contributed by atoms with E-state index in [9.17, 15) is 13.2 Å². The van der Waals surface area contributed by atoms with Gasteiger partial charge >= 0.3 is 0 Å². The number of aliphatic imine (C=N–C) groups is 1. The Morgan fingerprint density at radius 2 is 1.84 bits per heavy atom. The lowest BCUT2D eigenvalue weighted by Crippen LogP contribution is -2.35. The largest absolute Gasteiger partial charge is 0.490 e. The lowest BCUT2D eigenvalue weighted by atomic mass is 10.1. The van der Waals surface area contributed by atoms with E-state index >= 15 is 0 Å². The summed E-state index contributed by atoms with van der Waals surface area (Å²) >= 11 is 0.764. The van der Waals surface area contributed by atoms with Gasteiger partial charge in [0.15, 0.2) is 17.3 Å². The van der Waals surface area contributed by atoms with Gasteiger partial charge in [-0.05, 0) is 67.1 Å². The number of nitrogens with zero attached hydrogens (tertiary/aromatic N) is 3. The van der Waals surface area contributed by atoms with Crippen molar-refractivity contribution in [1.82, 2.24) is 5.01 Å². The molecule has 2 heterocycles. The number of amidine groups is 2. The van der Waals surface area contributed by atoms with Crippen LogP contribution in [0, 0.1) is 12.3 Å². The van der Waals surface area contributed by atoms with Crippen molar-refractivity contribution in [3.63, 3.8) is 0 Å². The van der Waals surface area contributed by atoms with Crippen molar-refractivity contribution >= 4 is 49.0 Å². The van der Waals surface area contributed by atoms with Crippen LogP contribution in [-0.4, -0.2) is 60.3 Å². The van der Waals surface area contributed by atoms with Crippen molar-refractivity contribution in [3.8, 4) is 17.2 Å². The van der Waals surface area contributed by atoms with Crippen LogP contribution in [0.5, 0.6) is 17.2 Å². The molecule has 2 aromatic rings. The molecule has 0 radical (unpaired) electrons. The number of hydrogen-bond acceptors (Lipinski definition) is 9. The highest BCUT2D eigenvalue weighted by atomic mass is 32.3. The van der Waals surface area contributed by atoms with Gasteiger partial charge in [0.05, 0.1) is 17.9 Å². The number of carbonyl (C=O) groups is 1. The summed E-state index contributed by atoms with van der Waals surface area (Å²) in [5, 5.41) is 13.6. The lowest BCUT2D eigenvalue weighted by Gasteiger charge is -2.20. The van der Waals surface area contributed by atoms with Crippen molar-refractivity contribution in [3.05, 3.63) is 59.2 Å². The predicted octanol–water partition coefficient (Wildman–Crippen LogP) is 3.86. The molecule has 1 N–H and O–H groups in total. The van der Waals surface area contributed by atoms with Crippen molar-refractivity contribution in [1.29, 1.82) is 5.41 Å². The molecule has 0 saturated carbocycles. The van der Waals surface area contributed by atoms with Gasteiger partial charge in [0.1, 0.15) is 19.0 Å². The number of aryl methyl sites for hydroxylation is 1. The molecule has 0 aliphatic carbocycles. The van der Waals surface area contributed by atoms with Crippen molar-refractivity contribution in [2.75, 3.05) is 25.6 Å². The Labute approximate surface area is 219 Å². The fourth-order valence-electron chi connectivity index (χ4n) is 3.41. The molecule has 0 saturated heterocycles. The van der Waals surface area contributed by atoms with E-state index in [1.165, 1.54) is 13.0 Å². The Morgan fingerprint density at radius 3 is 2.57 bits per heavy atom. The van der Waals surface area contributed by atoms with Crippen molar-refractivity contribution in [2.45, 2.75) is 20.8 Å². The van der Waals surface area contributed by atoms with Crippen LogP contribution in [0.2, 0.25) is 0 Å². The molecule has 0 unspecified atom stereocenters. The van der Waals surface area contributed by atoms with Crippen LogP contribution < -0.4 is 14.2 Å². The first-order valence-electron chi connectivity index (χ1n) is 11.5. The summed E-state index contributed by atoms with van der Waals surface area (Å²) < 4.78 is 41.5. The molecule has 0 bridgehead atoms. The Kier molecular flexibility index (Phi) is 7.98. The van der Waals surface area contributed by atoms with Crippen molar-refractivity contribution < 1.29 is 27.4 Å². The number of nitrogens with one attached hydrogen (secondary N) is 1. The first-order chi connectivity index (χ1) is 17.7. The first-order valence-corrected chi connectivity index (χ1v) is 14.0. The molecule has 12 heteroatoms. The van der Waals surface area contributed by atoms with Gasteiger partial charge < -0.3 is 14.2 Å². The molecular formula is C25H26N4O6S2. The van der Waals surface area contributed by atoms with Crippen LogP contribution in [0.25, 0.3) is 6.08 Å². The molecular weight excluding hydrogens is 516 g/mol. The van der Waals surface area contributed by atoms with Gasteiger partial charge in [0, 0.05) is 0 Å². The number of hydrogen-bond donors (Lipinski definition) is 1. The fourth-order valence-corrected chi connectivity index (χ4v) is 5.57. The highest BCUT2D eigenvalue weighted by Gasteiger charge is 2.39. The van der Waals surface area contributed by atoms with Crippen LogP contribution in [0.15, 0.2) is 58.1 Å². The third kappa shape index (κ3) is 6.03. The normalized spacial score (nSPS) is 16.4. The molecule has 37 heavy (non-hydrogen) atoms. The summed E-state index contributed by atoms with van der Waals surface area (Å²) in [4.78, 5) is 16.6. The minimum atomic E-state index is -3.59. The number of carbonyl (C=O) groups excluding carboxylic acids is 1. The highest BCUT2D eigenvalue weighted by molar-refractivity contribution is 8.42. The summed E-state index contributed by atoms with van der Waals surface area (Å²) in [6, 6.07) is 12.9. The van der Waals surface area contributed by atoms with Crippen LogP contribution in [0.4, 0.5) is 0 Å². The molecule has 0 fully saturated rings. The van der Waals surface area contributed by atoms with Gasteiger partial charge in [-0.3, -0.25) is 10.2 Å². The van der Waals surface area contributed by atoms with E-state index in [1.54, 1.807) is 18.2 Å². The third-order valence-corrected chi connectivity index (χ3v) is 8.35. The molecule has 194 valence electrons. The first kappa shape index (κ1) is 26.4. The Balaban J connectivity index is 1.49. The van der Waals surface area contributed by atoms with Crippen molar-refractivity contribution in [2.24, 2.45) is 10.1 Å². The van der Waals surface area contributed by atoms with Gasteiger partial charge in [0.2, 0.25) is 19.4 Å². The number of rotatable bonds is 9.